The zero-order valence-electron chi connectivity index (χ0n) is 17.8. The third-order valence-corrected chi connectivity index (χ3v) is 5.47. The first-order valence-electron chi connectivity index (χ1n) is 9.48. The van der Waals surface area contributed by atoms with Gasteiger partial charge in [-0.05, 0) is 59.2 Å². The molecule has 0 fully saturated rings. The molecule has 0 aliphatic heterocycles. The molecule has 0 radical (unpaired) electrons. The van der Waals surface area contributed by atoms with Crippen LogP contribution < -0.4 is 9.54 Å². The van der Waals surface area contributed by atoms with Gasteiger partial charge in [-0.2, -0.15) is 4.99 Å². The van der Waals surface area contributed by atoms with E-state index in [2.05, 4.69) is 30.5 Å². The van der Waals surface area contributed by atoms with E-state index in [1.165, 1.54) is 10.6 Å². The number of nitrogens with zero attached hydrogens (tertiary/aromatic N) is 3. The van der Waals surface area contributed by atoms with Gasteiger partial charge in [-0.25, -0.2) is 0 Å². The first kappa shape index (κ1) is 22.5. The number of benzene rings is 1. The van der Waals surface area contributed by atoms with Gasteiger partial charge in [0.05, 0.1) is 12.7 Å². The van der Waals surface area contributed by atoms with Gasteiger partial charge in [0.15, 0.2) is 4.80 Å². The number of oxime groups is 1. The van der Waals surface area contributed by atoms with E-state index >= 15 is 0 Å². The maximum Gasteiger partial charge on any atom is 0.205 e. The molecule has 0 spiro atoms. The lowest BCUT2D eigenvalue weighted by Crippen LogP contribution is -2.21. The van der Waals surface area contributed by atoms with Crippen LogP contribution in [0, 0.1) is 13.8 Å². The van der Waals surface area contributed by atoms with E-state index in [1.807, 2.05) is 26.8 Å². The highest BCUT2D eigenvalue weighted by Crippen LogP contribution is 2.24. The third-order valence-electron chi connectivity index (χ3n) is 4.13. The largest absolute Gasteiger partial charge is 0.496 e. The Bertz CT molecular complexity index is 907. The Labute approximate surface area is 176 Å². The van der Waals surface area contributed by atoms with Gasteiger partial charge in [-0.1, -0.05) is 30.1 Å². The molecule has 5 nitrogen and oxygen atoms in total. The number of halogens is 1. The predicted octanol–water partition coefficient (Wildman–Crippen LogP) is 5.71. The first-order valence-corrected chi connectivity index (χ1v) is 10.7. The summed E-state index contributed by atoms with van der Waals surface area (Å²) in [5, 5.41) is 4.96. The third kappa shape index (κ3) is 5.85. The van der Waals surface area contributed by atoms with Crippen molar-refractivity contribution in [3.05, 3.63) is 44.2 Å². The number of methoxy groups -OCH3 is 1. The second-order valence-corrected chi connectivity index (χ2v) is 9.22. The molecule has 1 heterocycles. The summed E-state index contributed by atoms with van der Waals surface area (Å²) in [5.41, 5.74) is 1.49. The van der Waals surface area contributed by atoms with Gasteiger partial charge < -0.3 is 14.1 Å². The van der Waals surface area contributed by atoms with Crippen molar-refractivity contribution in [1.82, 2.24) is 4.57 Å². The summed E-state index contributed by atoms with van der Waals surface area (Å²) in [6.45, 7) is 13.2. The predicted molar refractivity (Wildman–Crippen MR) is 118 cm³/mol. The zero-order valence-corrected chi connectivity index (χ0v) is 19.4. The fraction of sp³-hybridized carbons (Fsp3) is 0.524. The second kappa shape index (κ2) is 9.61. The number of ether oxygens (including phenoxy) is 1. The normalized spacial score (nSPS) is 13.1. The fourth-order valence-electron chi connectivity index (χ4n) is 2.52. The maximum absolute atomic E-state index is 6.24. The summed E-state index contributed by atoms with van der Waals surface area (Å²) in [4.78, 5) is 12.7. The highest BCUT2D eigenvalue weighted by Gasteiger charge is 2.16. The van der Waals surface area contributed by atoms with Crippen molar-refractivity contribution >= 4 is 28.8 Å². The van der Waals surface area contributed by atoms with Crippen LogP contribution in [-0.4, -0.2) is 23.1 Å². The molecule has 154 valence electrons. The number of thiazole rings is 1. The standard InChI is InChI=1S/C21H30ClN3O2S/c1-8-9-12-25-14(2)15(3)28-20(25)23-19(24-27-21(4,5)6)17-13-16(22)10-11-18(17)26-7/h10-11,13H,8-9,12H2,1-7H3. The maximum atomic E-state index is 6.24. The van der Waals surface area contributed by atoms with Crippen molar-refractivity contribution in [2.45, 2.75) is 66.5 Å². The molecule has 1 aromatic carbocycles. The molecule has 28 heavy (non-hydrogen) atoms. The molecular weight excluding hydrogens is 394 g/mol. The number of hydrogen-bond donors (Lipinski definition) is 0. The van der Waals surface area contributed by atoms with Crippen molar-refractivity contribution in [3.63, 3.8) is 0 Å². The fourth-order valence-corrected chi connectivity index (χ4v) is 3.69. The molecule has 2 aromatic rings. The van der Waals surface area contributed by atoms with Gasteiger partial charge in [0.25, 0.3) is 0 Å². The van der Waals surface area contributed by atoms with E-state index in [9.17, 15) is 0 Å². The van der Waals surface area contributed by atoms with Crippen LogP contribution in [0.4, 0.5) is 0 Å². The molecule has 2 rings (SSSR count). The van der Waals surface area contributed by atoms with Crippen molar-refractivity contribution in [2.24, 2.45) is 10.1 Å². The minimum atomic E-state index is -0.438. The van der Waals surface area contributed by atoms with Crippen LogP contribution >= 0.6 is 22.9 Å². The summed E-state index contributed by atoms with van der Waals surface area (Å²) in [5.74, 6) is 1.09. The second-order valence-electron chi connectivity index (χ2n) is 7.61. The van der Waals surface area contributed by atoms with Crippen LogP contribution in [0.5, 0.6) is 5.75 Å². The molecule has 0 unspecified atom stereocenters. The van der Waals surface area contributed by atoms with E-state index in [4.69, 9.17) is 26.2 Å². The summed E-state index contributed by atoms with van der Waals surface area (Å²) >= 11 is 7.90. The number of unbranched alkanes of at least 4 members (excludes halogenated alkanes) is 1. The number of rotatable bonds is 6. The van der Waals surface area contributed by atoms with Gasteiger partial charge in [-0.3, -0.25) is 0 Å². The highest BCUT2D eigenvalue weighted by atomic mass is 35.5. The van der Waals surface area contributed by atoms with Gasteiger partial charge in [-0.15, -0.1) is 11.3 Å². The van der Waals surface area contributed by atoms with Gasteiger partial charge >= 0.3 is 0 Å². The van der Waals surface area contributed by atoms with Crippen LogP contribution in [-0.2, 0) is 11.4 Å². The lowest BCUT2D eigenvalue weighted by Gasteiger charge is -2.16. The van der Waals surface area contributed by atoms with Crippen molar-refractivity contribution < 1.29 is 9.57 Å². The molecule has 1 aromatic heterocycles. The zero-order chi connectivity index (χ0) is 20.9. The van der Waals surface area contributed by atoms with Crippen molar-refractivity contribution in [1.29, 1.82) is 0 Å². The van der Waals surface area contributed by atoms with Crippen LogP contribution in [0.25, 0.3) is 0 Å². The van der Waals surface area contributed by atoms with E-state index in [1.54, 1.807) is 30.6 Å². The Morgan fingerprint density at radius 3 is 2.57 bits per heavy atom. The van der Waals surface area contributed by atoms with Crippen molar-refractivity contribution in [3.8, 4) is 5.75 Å². The summed E-state index contributed by atoms with van der Waals surface area (Å²) in [6.07, 6.45) is 2.21. The first-order chi connectivity index (χ1) is 13.2. The number of hydrogen-bond acceptors (Lipinski definition) is 4. The van der Waals surface area contributed by atoms with Gasteiger partial charge in [0.2, 0.25) is 5.84 Å². The van der Waals surface area contributed by atoms with Crippen LogP contribution in [0.2, 0.25) is 5.02 Å². The Morgan fingerprint density at radius 1 is 1.25 bits per heavy atom. The SMILES string of the molecule is CCCCn1c(C)c(C)sc1=NC(=NOC(C)(C)C)c1cc(Cl)ccc1OC. The summed E-state index contributed by atoms with van der Waals surface area (Å²) in [6, 6.07) is 5.40. The monoisotopic (exact) mass is 423 g/mol. The molecule has 0 saturated carbocycles. The molecule has 0 aliphatic carbocycles. The topological polar surface area (TPSA) is 48.1 Å². The minimum absolute atomic E-state index is 0.438. The number of amidine groups is 1. The average Bonchev–Trinajstić information content (AvgIpc) is 2.89. The van der Waals surface area contributed by atoms with E-state index < -0.39 is 5.60 Å². The molecule has 7 heteroatoms. The molecule has 0 aliphatic rings. The molecule has 0 amide bonds. The molecular formula is C21H30ClN3O2S. The lowest BCUT2D eigenvalue weighted by atomic mass is 10.2. The van der Waals surface area contributed by atoms with Crippen LogP contribution in [0.1, 0.15) is 56.7 Å². The smallest absolute Gasteiger partial charge is 0.205 e. The highest BCUT2D eigenvalue weighted by molar-refractivity contribution is 7.09. The summed E-state index contributed by atoms with van der Waals surface area (Å²) in [7, 11) is 1.62. The van der Waals surface area contributed by atoms with Crippen LogP contribution in [0.15, 0.2) is 28.3 Å². The van der Waals surface area contributed by atoms with E-state index in [0.29, 0.717) is 22.2 Å². The van der Waals surface area contributed by atoms with E-state index in [-0.39, 0.29) is 0 Å². The summed E-state index contributed by atoms with van der Waals surface area (Å²) < 4.78 is 7.76. The Balaban J connectivity index is 2.67. The Hall–Kier alpha value is -1.79. The average molecular weight is 424 g/mol. The Kier molecular flexibility index (Phi) is 7.72. The lowest BCUT2D eigenvalue weighted by molar-refractivity contribution is 0.000798. The van der Waals surface area contributed by atoms with Crippen molar-refractivity contribution in [2.75, 3.05) is 7.11 Å². The van der Waals surface area contributed by atoms with Crippen LogP contribution in [0.3, 0.4) is 0 Å². The molecule has 0 saturated heterocycles. The van der Waals surface area contributed by atoms with Gasteiger partial charge in [0.1, 0.15) is 11.4 Å². The molecule has 0 N–H and O–H groups in total. The molecule has 0 atom stereocenters. The minimum Gasteiger partial charge on any atom is -0.496 e. The Morgan fingerprint density at radius 2 is 1.96 bits per heavy atom. The quantitative estimate of drug-likeness (QED) is 0.339. The van der Waals surface area contributed by atoms with E-state index in [0.717, 1.165) is 24.2 Å². The molecule has 0 bridgehead atoms. The number of aryl methyl sites for hydroxylation is 1. The number of aromatic nitrogens is 1. The van der Waals surface area contributed by atoms with Gasteiger partial charge in [0, 0.05) is 22.1 Å².